The van der Waals surface area contributed by atoms with Crippen LogP contribution >= 0.6 is 0 Å². The number of Topliss-reactive ketones (excluding diaryl/α,β-unsaturated/α-hetero) is 1. The second kappa shape index (κ2) is 7.63. The molecule has 3 saturated carbocycles. The van der Waals surface area contributed by atoms with E-state index >= 15 is 0 Å². The van der Waals surface area contributed by atoms with Crippen LogP contribution in [0.5, 0.6) is 0 Å². The Morgan fingerprint density at radius 2 is 1.86 bits per heavy atom. The molecule has 12 atom stereocenters. The summed E-state index contributed by atoms with van der Waals surface area (Å²) in [7, 11) is 0. The van der Waals surface area contributed by atoms with E-state index in [0.29, 0.717) is 6.42 Å². The van der Waals surface area contributed by atoms with Gasteiger partial charge in [0.1, 0.15) is 17.8 Å². The van der Waals surface area contributed by atoms with E-state index in [4.69, 9.17) is 14.2 Å². The number of ketones is 1. The molecule has 10 nitrogen and oxygen atoms in total. The van der Waals surface area contributed by atoms with Gasteiger partial charge in [-0.3, -0.25) is 14.4 Å². The van der Waals surface area contributed by atoms with Gasteiger partial charge in [-0.1, -0.05) is 40.7 Å². The lowest BCUT2D eigenvalue weighted by Gasteiger charge is -2.53. The van der Waals surface area contributed by atoms with E-state index in [-0.39, 0.29) is 5.57 Å². The highest BCUT2D eigenvalue weighted by atomic mass is 16.6. The third-order valence-electron chi connectivity index (χ3n) is 10.6. The third-order valence-corrected chi connectivity index (χ3v) is 10.6. The molecular weight excluding hydrogens is 484 g/mol. The van der Waals surface area contributed by atoms with E-state index in [0.717, 1.165) is 0 Å². The van der Waals surface area contributed by atoms with Crippen LogP contribution in [0.3, 0.4) is 0 Å². The fraction of sp³-hybridized carbons (Fsp3) is 0.815. The van der Waals surface area contributed by atoms with Crippen LogP contribution in [0.25, 0.3) is 0 Å². The molecule has 1 aliphatic heterocycles. The topological polar surface area (TPSA) is 163 Å². The first-order valence-electron chi connectivity index (χ1n) is 13.1. The molecule has 0 aromatic carbocycles. The largest absolute Gasteiger partial charge is 0.458 e. The van der Waals surface area contributed by atoms with Gasteiger partial charge in [-0.2, -0.15) is 0 Å². The van der Waals surface area contributed by atoms with Crippen LogP contribution < -0.4 is 0 Å². The smallest absolute Gasteiger partial charge is 0.309 e. The van der Waals surface area contributed by atoms with E-state index in [1.54, 1.807) is 13.8 Å². The Balaban J connectivity index is 1.74. The molecule has 0 radical (unpaired) electrons. The molecule has 1 heterocycles. The van der Waals surface area contributed by atoms with E-state index in [1.165, 1.54) is 19.9 Å². The Morgan fingerprint density at radius 3 is 2.41 bits per heavy atom. The summed E-state index contributed by atoms with van der Waals surface area (Å²) >= 11 is 0. The van der Waals surface area contributed by atoms with E-state index < -0.39 is 100 Å². The third kappa shape index (κ3) is 2.81. The van der Waals surface area contributed by atoms with Crippen molar-refractivity contribution in [2.24, 2.45) is 35.0 Å². The molecule has 0 amide bonds. The number of aliphatic hydroxyl groups excluding tert-OH is 2. The van der Waals surface area contributed by atoms with Gasteiger partial charge < -0.3 is 34.6 Å². The van der Waals surface area contributed by atoms with Crippen molar-refractivity contribution < 1.29 is 49.0 Å². The number of esters is 2. The Kier molecular flexibility index (Phi) is 5.51. The lowest BCUT2D eigenvalue weighted by atomic mass is 9.58. The van der Waals surface area contributed by atoms with Gasteiger partial charge in [-0.05, 0) is 18.9 Å². The van der Waals surface area contributed by atoms with Crippen molar-refractivity contribution in [3.63, 3.8) is 0 Å². The highest BCUT2D eigenvalue weighted by Gasteiger charge is 2.93. The molecule has 4 aliphatic carbocycles. The maximum Gasteiger partial charge on any atom is 0.309 e. The monoisotopic (exact) mass is 522 g/mol. The van der Waals surface area contributed by atoms with Gasteiger partial charge in [0, 0.05) is 36.0 Å². The maximum atomic E-state index is 13.3. The van der Waals surface area contributed by atoms with Gasteiger partial charge in [0.05, 0.1) is 24.2 Å². The first kappa shape index (κ1) is 26.7. The number of rotatable bonds is 5. The summed E-state index contributed by atoms with van der Waals surface area (Å²) < 4.78 is 18.0. The molecule has 0 spiro atoms. The summed E-state index contributed by atoms with van der Waals surface area (Å²) in [5, 5.41) is 46.3. The zero-order chi connectivity index (χ0) is 27.7. The van der Waals surface area contributed by atoms with Crippen LogP contribution in [0, 0.1) is 35.0 Å². The summed E-state index contributed by atoms with van der Waals surface area (Å²) in [5.41, 5.74) is -8.05. The molecule has 37 heavy (non-hydrogen) atoms. The number of hydrogen-bond donors (Lipinski definition) is 4. The van der Waals surface area contributed by atoms with Crippen LogP contribution in [0.2, 0.25) is 0 Å². The predicted octanol–water partition coefficient (Wildman–Crippen LogP) is 0.280. The van der Waals surface area contributed by atoms with Crippen LogP contribution in [-0.4, -0.2) is 85.5 Å². The Bertz CT molecular complexity index is 1100. The average molecular weight is 523 g/mol. The van der Waals surface area contributed by atoms with Crippen molar-refractivity contribution in [3.8, 4) is 0 Å². The molecule has 0 aromatic rings. The van der Waals surface area contributed by atoms with Crippen LogP contribution in [0.4, 0.5) is 0 Å². The minimum Gasteiger partial charge on any atom is -0.458 e. The second-order valence-corrected chi connectivity index (χ2v) is 12.5. The maximum absolute atomic E-state index is 13.3. The zero-order valence-electron chi connectivity index (χ0n) is 22.3. The lowest BCUT2D eigenvalue weighted by molar-refractivity contribution is -0.245. The molecule has 5 aliphatic rings. The Hall–Kier alpha value is -1.85. The molecule has 4 fully saturated rings. The summed E-state index contributed by atoms with van der Waals surface area (Å²) in [6.45, 7) is 11.0. The van der Waals surface area contributed by atoms with Crippen molar-refractivity contribution in [3.05, 3.63) is 11.6 Å². The summed E-state index contributed by atoms with van der Waals surface area (Å²) in [5.74, 6) is -6.01. The van der Waals surface area contributed by atoms with Crippen molar-refractivity contribution in [2.75, 3.05) is 6.61 Å². The van der Waals surface area contributed by atoms with Crippen molar-refractivity contribution >= 4 is 17.7 Å². The molecule has 206 valence electrons. The normalized spacial score (nSPS) is 51.4. The fourth-order valence-electron chi connectivity index (χ4n) is 8.28. The van der Waals surface area contributed by atoms with E-state index in [1.807, 2.05) is 20.8 Å². The van der Waals surface area contributed by atoms with Crippen LogP contribution in [0.1, 0.15) is 54.9 Å². The van der Waals surface area contributed by atoms with Crippen LogP contribution in [0.15, 0.2) is 11.6 Å². The molecule has 1 saturated heterocycles. The summed E-state index contributed by atoms with van der Waals surface area (Å²) in [4.78, 5) is 38.8. The molecule has 0 aromatic heterocycles. The highest BCUT2D eigenvalue weighted by molar-refractivity contribution is 6.05. The molecule has 0 bridgehead atoms. The average Bonchev–Trinajstić information content (AvgIpc) is 3.66. The lowest BCUT2D eigenvalue weighted by Crippen LogP contribution is -2.69. The fourth-order valence-corrected chi connectivity index (χ4v) is 8.28. The van der Waals surface area contributed by atoms with Crippen molar-refractivity contribution in [1.82, 2.24) is 0 Å². The molecule has 10 heteroatoms. The van der Waals surface area contributed by atoms with Gasteiger partial charge in [0.2, 0.25) is 0 Å². The molecule has 8 unspecified atom stereocenters. The number of aliphatic hydroxyl groups is 4. The van der Waals surface area contributed by atoms with Gasteiger partial charge in [0.25, 0.3) is 0 Å². The number of carbonyl (C=O) groups excluding carboxylic acids is 3. The highest BCUT2D eigenvalue weighted by Crippen LogP contribution is 2.79. The first-order valence-corrected chi connectivity index (χ1v) is 13.1. The van der Waals surface area contributed by atoms with Crippen LogP contribution in [-0.2, 0) is 28.6 Å². The van der Waals surface area contributed by atoms with Gasteiger partial charge in [0.15, 0.2) is 17.0 Å². The Morgan fingerprint density at radius 1 is 1.24 bits per heavy atom. The molecule has 4 N–H and O–H groups in total. The molecule has 5 rings (SSSR count). The predicted molar refractivity (Wildman–Crippen MR) is 127 cm³/mol. The summed E-state index contributed by atoms with van der Waals surface area (Å²) in [6, 6.07) is 0. The van der Waals surface area contributed by atoms with Crippen molar-refractivity contribution in [1.29, 1.82) is 0 Å². The number of ether oxygens (including phenoxy) is 3. The van der Waals surface area contributed by atoms with Gasteiger partial charge in [-0.25, -0.2) is 0 Å². The minimum absolute atomic E-state index is 0.164. The SMILES string of the molecule is CCC(C)C(=O)OC12C(OC(C)=O)[C@@H](C)C3(O)[C@@H]4C=C(C)C(=O)C4(O)C(O)C4(CO)OC4[C@H]3[C@H]1C2(C)C. The van der Waals surface area contributed by atoms with Gasteiger partial charge in [-0.15, -0.1) is 0 Å². The summed E-state index contributed by atoms with van der Waals surface area (Å²) in [6.07, 6.45) is -1.88. The minimum atomic E-state index is -2.47. The second-order valence-electron chi connectivity index (χ2n) is 12.5. The number of fused-ring (bicyclic) bond motifs is 7. The van der Waals surface area contributed by atoms with E-state index in [9.17, 15) is 34.8 Å². The van der Waals surface area contributed by atoms with Crippen molar-refractivity contribution in [2.45, 2.75) is 95.6 Å². The number of carbonyl (C=O) groups is 3. The number of hydrogen-bond acceptors (Lipinski definition) is 10. The zero-order valence-corrected chi connectivity index (χ0v) is 22.3. The molecular formula is C27H38O10. The van der Waals surface area contributed by atoms with E-state index in [2.05, 4.69) is 0 Å². The Labute approximate surface area is 216 Å². The standard InChI is InChI=1S/C27H38O10/c1-8-11(2)21(31)37-27-17(23(27,6)7)16-20-24(10-28,36-20)22(32)26(34)15(9-12(3)18(26)30)25(16,33)13(4)19(27)35-14(5)29/h9,11,13,15-17,19-20,22,28,32-34H,8,10H2,1-7H3/t11?,13-,15+,16-,17+,19?,20?,22?,24?,25?,26?,27?/m1/s1. The first-order chi connectivity index (χ1) is 17.0. The number of epoxide rings is 1. The quantitative estimate of drug-likeness (QED) is 0.291. The van der Waals surface area contributed by atoms with Gasteiger partial charge >= 0.3 is 11.9 Å².